The lowest BCUT2D eigenvalue weighted by atomic mass is 10.2. The number of pyridine rings is 1. The van der Waals surface area contributed by atoms with Crippen LogP contribution in [0.15, 0.2) is 12.1 Å². The number of alkyl halides is 3. The van der Waals surface area contributed by atoms with Gasteiger partial charge in [-0.15, -0.1) is 12.3 Å². The standard InChI is InChI=1S/C11H8F3N3/c1-2-3-6-16-10-8(7-15)4-5-9(17-10)11(12,13)14/h1,4-5H,3,6H2,(H,16,17). The van der Waals surface area contributed by atoms with Gasteiger partial charge in [-0.05, 0) is 12.1 Å². The Morgan fingerprint density at radius 3 is 2.65 bits per heavy atom. The number of rotatable bonds is 3. The van der Waals surface area contributed by atoms with Crippen molar-refractivity contribution in [2.24, 2.45) is 0 Å². The second-order valence-corrected chi connectivity index (χ2v) is 3.08. The van der Waals surface area contributed by atoms with E-state index < -0.39 is 11.9 Å². The molecule has 0 amide bonds. The van der Waals surface area contributed by atoms with Gasteiger partial charge in [0.05, 0.1) is 5.56 Å². The predicted octanol–water partition coefficient (Wildman–Crippen LogP) is 2.41. The Morgan fingerprint density at radius 2 is 2.12 bits per heavy atom. The second kappa shape index (κ2) is 5.22. The van der Waals surface area contributed by atoms with Crippen LogP contribution >= 0.6 is 0 Å². The number of anilines is 1. The lowest BCUT2D eigenvalue weighted by molar-refractivity contribution is -0.141. The molecule has 0 atom stereocenters. The average Bonchev–Trinajstić information content (AvgIpc) is 2.28. The van der Waals surface area contributed by atoms with Gasteiger partial charge in [0, 0.05) is 13.0 Å². The molecule has 3 nitrogen and oxygen atoms in total. The number of halogens is 3. The van der Waals surface area contributed by atoms with E-state index in [-0.39, 0.29) is 17.9 Å². The van der Waals surface area contributed by atoms with E-state index in [0.717, 1.165) is 12.1 Å². The van der Waals surface area contributed by atoms with Crippen LogP contribution in [0.4, 0.5) is 19.0 Å². The molecule has 0 spiro atoms. The molecule has 0 aliphatic heterocycles. The van der Waals surface area contributed by atoms with E-state index in [2.05, 4.69) is 16.2 Å². The average molecular weight is 239 g/mol. The maximum Gasteiger partial charge on any atom is 0.433 e. The molecule has 88 valence electrons. The maximum absolute atomic E-state index is 12.4. The van der Waals surface area contributed by atoms with Crippen molar-refractivity contribution in [1.29, 1.82) is 5.26 Å². The molecule has 0 fully saturated rings. The Labute approximate surface area is 96.3 Å². The third-order valence-corrected chi connectivity index (χ3v) is 1.87. The van der Waals surface area contributed by atoms with E-state index in [1.165, 1.54) is 0 Å². The summed E-state index contributed by atoms with van der Waals surface area (Å²) < 4.78 is 37.2. The van der Waals surface area contributed by atoms with Crippen molar-refractivity contribution < 1.29 is 13.2 Å². The predicted molar refractivity (Wildman–Crippen MR) is 55.9 cm³/mol. The highest BCUT2D eigenvalue weighted by Gasteiger charge is 2.33. The van der Waals surface area contributed by atoms with E-state index in [9.17, 15) is 13.2 Å². The third kappa shape index (κ3) is 3.39. The van der Waals surface area contributed by atoms with E-state index in [4.69, 9.17) is 11.7 Å². The minimum atomic E-state index is -4.53. The van der Waals surface area contributed by atoms with Crippen molar-refractivity contribution in [2.45, 2.75) is 12.6 Å². The van der Waals surface area contributed by atoms with E-state index in [0.29, 0.717) is 6.42 Å². The molecule has 0 radical (unpaired) electrons. The first kappa shape index (κ1) is 12.9. The molecular formula is C11H8F3N3. The Hall–Kier alpha value is -2.21. The summed E-state index contributed by atoms with van der Waals surface area (Å²) in [6.07, 6.45) is 0.812. The summed E-state index contributed by atoms with van der Waals surface area (Å²) in [4.78, 5) is 3.36. The summed E-state index contributed by atoms with van der Waals surface area (Å²) in [7, 11) is 0. The lowest BCUT2D eigenvalue weighted by Gasteiger charge is -2.10. The zero-order valence-electron chi connectivity index (χ0n) is 8.67. The zero-order chi connectivity index (χ0) is 12.9. The van der Waals surface area contributed by atoms with Gasteiger partial charge in [-0.2, -0.15) is 18.4 Å². The molecule has 1 rings (SSSR count). The highest BCUT2D eigenvalue weighted by atomic mass is 19.4. The van der Waals surface area contributed by atoms with Gasteiger partial charge in [0.2, 0.25) is 0 Å². The summed E-state index contributed by atoms with van der Waals surface area (Å²) in [6.45, 7) is 0.263. The van der Waals surface area contributed by atoms with Crippen molar-refractivity contribution in [3.8, 4) is 18.4 Å². The molecule has 17 heavy (non-hydrogen) atoms. The largest absolute Gasteiger partial charge is 0.433 e. The quantitative estimate of drug-likeness (QED) is 0.650. The van der Waals surface area contributed by atoms with Crippen LogP contribution in [0.25, 0.3) is 0 Å². The van der Waals surface area contributed by atoms with Crippen molar-refractivity contribution in [2.75, 3.05) is 11.9 Å². The number of nitrogens with zero attached hydrogens (tertiary/aromatic N) is 2. The van der Waals surface area contributed by atoms with Gasteiger partial charge in [0.25, 0.3) is 0 Å². The van der Waals surface area contributed by atoms with Crippen molar-refractivity contribution >= 4 is 5.82 Å². The molecule has 1 heterocycles. The smallest absolute Gasteiger partial charge is 0.368 e. The first-order chi connectivity index (χ1) is 7.99. The van der Waals surface area contributed by atoms with Crippen LogP contribution in [0.1, 0.15) is 17.7 Å². The lowest BCUT2D eigenvalue weighted by Crippen LogP contribution is -2.12. The van der Waals surface area contributed by atoms with E-state index in [1.807, 2.05) is 0 Å². The van der Waals surface area contributed by atoms with Crippen LogP contribution in [-0.2, 0) is 6.18 Å². The summed E-state index contributed by atoms with van der Waals surface area (Å²) in [5, 5.41) is 11.3. The number of aromatic nitrogens is 1. The fraction of sp³-hybridized carbons (Fsp3) is 0.273. The van der Waals surface area contributed by atoms with Gasteiger partial charge in [-0.1, -0.05) is 0 Å². The molecule has 0 aliphatic carbocycles. The van der Waals surface area contributed by atoms with Gasteiger partial charge in [0.1, 0.15) is 17.6 Å². The van der Waals surface area contributed by atoms with E-state index in [1.54, 1.807) is 6.07 Å². The van der Waals surface area contributed by atoms with Crippen LogP contribution in [0.2, 0.25) is 0 Å². The number of hydrogen-bond acceptors (Lipinski definition) is 3. The summed E-state index contributed by atoms with van der Waals surface area (Å²) in [6, 6.07) is 3.60. The second-order valence-electron chi connectivity index (χ2n) is 3.08. The Balaban J connectivity index is 3.00. The molecule has 0 aromatic carbocycles. The molecule has 1 aromatic rings. The molecule has 1 N–H and O–H groups in total. The van der Waals surface area contributed by atoms with Crippen LogP contribution < -0.4 is 5.32 Å². The highest BCUT2D eigenvalue weighted by Crippen LogP contribution is 2.29. The van der Waals surface area contributed by atoms with Gasteiger partial charge in [-0.3, -0.25) is 0 Å². The van der Waals surface area contributed by atoms with Gasteiger partial charge >= 0.3 is 6.18 Å². The fourth-order valence-electron chi connectivity index (χ4n) is 1.10. The molecule has 0 aliphatic rings. The Kier molecular flexibility index (Phi) is 3.95. The van der Waals surface area contributed by atoms with Gasteiger partial charge in [0.15, 0.2) is 0 Å². The van der Waals surface area contributed by atoms with Gasteiger partial charge in [-0.25, -0.2) is 4.98 Å². The number of nitrogens with one attached hydrogen (secondary N) is 1. The first-order valence-electron chi connectivity index (χ1n) is 4.64. The topological polar surface area (TPSA) is 48.7 Å². The fourth-order valence-corrected chi connectivity index (χ4v) is 1.10. The van der Waals surface area contributed by atoms with Crippen molar-refractivity contribution in [3.05, 3.63) is 23.4 Å². The molecule has 0 saturated heterocycles. The SMILES string of the molecule is C#CCCNc1nc(C(F)(F)F)ccc1C#N. The third-order valence-electron chi connectivity index (χ3n) is 1.87. The van der Waals surface area contributed by atoms with Crippen LogP contribution in [0, 0.1) is 23.7 Å². The molecule has 0 unspecified atom stereocenters. The molecular weight excluding hydrogens is 231 g/mol. The molecule has 1 aromatic heterocycles. The summed E-state index contributed by atoms with van der Waals surface area (Å²) in [5.74, 6) is 2.23. The molecule has 0 bridgehead atoms. The molecule has 0 saturated carbocycles. The Bertz CT molecular complexity index is 480. The highest BCUT2D eigenvalue weighted by molar-refractivity contribution is 5.52. The van der Waals surface area contributed by atoms with Gasteiger partial charge < -0.3 is 5.32 Å². The number of nitriles is 1. The monoisotopic (exact) mass is 239 g/mol. The minimum Gasteiger partial charge on any atom is -0.368 e. The van der Waals surface area contributed by atoms with Crippen LogP contribution in [0.3, 0.4) is 0 Å². The number of hydrogen-bond donors (Lipinski definition) is 1. The zero-order valence-corrected chi connectivity index (χ0v) is 8.67. The summed E-state index contributed by atoms with van der Waals surface area (Å²) >= 11 is 0. The van der Waals surface area contributed by atoms with Crippen LogP contribution in [-0.4, -0.2) is 11.5 Å². The van der Waals surface area contributed by atoms with Crippen LogP contribution in [0.5, 0.6) is 0 Å². The maximum atomic E-state index is 12.4. The Morgan fingerprint density at radius 1 is 1.41 bits per heavy atom. The van der Waals surface area contributed by atoms with E-state index >= 15 is 0 Å². The first-order valence-corrected chi connectivity index (χ1v) is 4.64. The van der Waals surface area contributed by atoms with Crippen molar-refractivity contribution in [3.63, 3.8) is 0 Å². The van der Waals surface area contributed by atoms with Crippen molar-refractivity contribution in [1.82, 2.24) is 4.98 Å². The summed E-state index contributed by atoms with van der Waals surface area (Å²) in [5.41, 5.74) is -0.991. The molecule has 6 heteroatoms. The number of terminal acetylenes is 1. The normalized spacial score (nSPS) is 10.4. The minimum absolute atomic E-state index is 0.0509.